The number of ether oxygens (including phenoxy) is 4. The van der Waals surface area contributed by atoms with E-state index in [0.717, 1.165) is 0 Å². The van der Waals surface area contributed by atoms with Gasteiger partial charge in [0, 0.05) is 36.1 Å². The quantitative estimate of drug-likeness (QED) is 0.363. The third-order valence-corrected chi connectivity index (χ3v) is 8.82. The number of carbonyl (C=O) groups is 2. The fourth-order valence-corrected chi connectivity index (χ4v) is 5.96. The van der Waals surface area contributed by atoms with Crippen molar-refractivity contribution in [3.05, 3.63) is 0 Å². The number of Topliss-reactive ketones (excluding diaryl/α,β-unsaturated/α-hetero) is 1. The summed E-state index contributed by atoms with van der Waals surface area (Å²) in [4.78, 5) is 28.4. The van der Waals surface area contributed by atoms with Crippen LogP contribution in [0.4, 0.5) is 0 Å². The summed E-state index contributed by atoms with van der Waals surface area (Å²) in [6.07, 6.45) is -4.48. The van der Waals surface area contributed by atoms with Gasteiger partial charge in [-0.25, -0.2) is 0 Å². The maximum absolute atomic E-state index is 13.3. The van der Waals surface area contributed by atoms with Gasteiger partial charge in [0.15, 0.2) is 12.6 Å². The Labute approximate surface area is 220 Å². The molecule has 0 amide bonds. The van der Waals surface area contributed by atoms with Gasteiger partial charge in [-0.3, -0.25) is 9.59 Å². The average molecular weight is 530 g/mol. The van der Waals surface area contributed by atoms with E-state index < -0.39 is 71.9 Å². The molecule has 3 rings (SSSR count). The lowest BCUT2D eigenvalue weighted by Gasteiger charge is -2.42. The van der Waals surface area contributed by atoms with E-state index in [2.05, 4.69) is 0 Å². The van der Waals surface area contributed by atoms with Crippen LogP contribution < -0.4 is 0 Å². The molecule has 0 aromatic rings. The molecule has 0 aromatic carbocycles. The molecule has 3 heterocycles. The van der Waals surface area contributed by atoms with Crippen molar-refractivity contribution in [3.8, 4) is 0 Å². The summed E-state index contributed by atoms with van der Waals surface area (Å²) < 4.78 is 23.6. The van der Waals surface area contributed by atoms with E-state index in [1.54, 1.807) is 41.5 Å². The minimum Gasteiger partial charge on any atom is -0.462 e. The van der Waals surface area contributed by atoms with Crippen molar-refractivity contribution >= 4 is 11.8 Å². The van der Waals surface area contributed by atoms with Crippen LogP contribution in [0.1, 0.15) is 61.3 Å². The molecule has 214 valence electrons. The molecule has 37 heavy (non-hydrogen) atoms. The van der Waals surface area contributed by atoms with Crippen LogP contribution in [0.3, 0.4) is 0 Å². The van der Waals surface area contributed by atoms with Gasteiger partial charge < -0.3 is 39.2 Å². The SMILES string of the molecule is C[C@@H]1[C@H](O)[C@@H](C)C(=O)[C@H](C)C[C@@](C)(O)[C@H](O)[C@@H](C)[C@H](O[C@H]2CC(N(C)C)[C@@H]3OC3O2)[C@@H](C)C(=O)O[C@@H]1C. The number of epoxide rings is 1. The Balaban J connectivity index is 1.91. The van der Waals surface area contributed by atoms with Gasteiger partial charge in [-0.2, -0.15) is 0 Å². The predicted molar refractivity (Wildman–Crippen MR) is 134 cm³/mol. The van der Waals surface area contributed by atoms with E-state index in [-0.39, 0.29) is 30.6 Å². The molecule has 2 unspecified atom stereocenters. The van der Waals surface area contributed by atoms with Crippen molar-refractivity contribution in [3.63, 3.8) is 0 Å². The van der Waals surface area contributed by atoms with Crippen molar-refractivity contribution in [1.82, 2.24) is 4.90 Å². The second-order valence-corrected chi connectivity index (χ2v) is 12.1. The Kier molecular flexibility index (Phi) is 9.48. The minimum absolute atomic E-state index is 0.00981. The van der Waals surface area contributed by atoms with E-state index in [4.69, 9.17) is 18.9 Å². The van der Waals surface area contributed by atoms with E-state index >= 15 is 0 Å². The van der Waals surface area contributed by atoms with Gasteiger partial charge in [-0.15, -0.1) is 0 Å². The van der Waals surface area contributed by atoms with Crippen LogP contribution in [0.25, 0.3) is 0 Å². The van der Waals surface area contributed by atoms with Crippen LogP contribution >= 0.6 is 0 Å². The lowest BCUT2D eigenvalue weighted by atomic mass is 9.75. The largest absolute Gasteiger partial charge is 0.462 e. The van der Waals surface area contributed by atoms with Crippen LogP contribution in [0.5, 0.6) is 0 Å². The highest BCUT2D eigenvalue weighted by atomic mass is 16.8. The summed E-state index contributed by atoms with van der Waals surface area (Å²) in [7, 11) is 3.91. The monoisotopic (exact) mass is 529 g/mol. The third kappa shape index (κ3) is 6.54. The second-order valence-electron chi connectivity index (χ2n) is 12.1. The zero-order valence-electron chi connectivity index (χ0n) is 23.7. The number of hydrogen-bond acceptors (Lipinski definition) is 10. The summed E-state index contributed by atoms with van der Waals surface area (Å²) in [6.45, 7) is 11.6. The van der Waals surface area contributed by atoms with Gasteiger partial charge in [-0.1, -0.05) is 27.7 Å². The lowest BCUT2D eigenvalue weighted by Crippen LogP contribution is -2.53. The van der Waals surface area contributed by atoms with Crippen molar-refractivity contribution in [2.24, 2.45) is 29.6 Å². The molecular weight excluding hydrogens is 482 g/mol. The summed E-state index contributed by atoms with van der Waals surface area (Å²) in [5.41, 5.74) is -1.66. The number of hydrogen-bond donors (Lipinski definition) is 3. The highest BCUT2D eigenvalue weighted by Gasteiger charge is 2.54. The van der Waals surface area contributed by atoms with E-state index in [9.17, 15) is 24.9 Å². The Bertz CT molecular complexity index is 820. The van der Waals surface area contributed by atoms with E-state index in [0.29, 0.717) is 6.42 Å². The van der Waals surface area contributed by atoms with Gasteiger partial charge in [0.1, 0.15) is 18.0 Å². The van der Waals surface area contributed by atoms with Gasteiger partial charge in [0.05, 0.1) is 29.8 Å². The molecule has 3 N–H and O–H groups in total. The van der Waals surface area contributed by atoms with Gasteiger partial charge >= 0.3 is 5.97 Å². The fraction of sp³-hybridized carbons (Fsp3) is 0.926. The average Bonchev–Trinajstić information content (AvgIpc) is 3.62. The van der Waals surface area contributed by atoms with Crippen molar-refractivity contribution in [1.29, 1.82) is 0 Å². The van der Waals surface area contributed by atoms with Crippen LogP contribution in [0.2, 0.25) is 0 Å². The molecule has 3 fully saturated rings. The first-order valence-corrected chi connectivity index (χ1v) is 13.5. The number of aliphatic hydroxyl groups is 3. The van der Waals surface area contributed by atoms with Crippen molar-refractivity contribution in [2.75, 3.05) is 14.1 Å². The third-order valence-electron chi connectivity index (χ3n) is 8.82. The summed E-state index contributed by atoms with van der Waals surface area (Å²) in [5.74, 6) is -4.14. The normalized spacial score (nSPS) is 50.2. The Morgan fingerprint density at radius 1 is 0.973 bits per heavy atom. The first-order valence-electron chi connectivity index (χ1n) is 13.5. The molecule has 0 aliphatic carbocycles. The Morgan fingerprint density at radius 3 is 2.19 bits per heavy atom. The molecule has 0 spiro atoms. The summed E-state index contributed by atoms with van der Waals surface area (Å²) in [5, 5.41) is 33.5. The van der Waals surface area contributed by atoms with Crippen LogP contribution in [-0.2, 0) is 28.5 Å². The number of rotatable bonds is 3. The highest BCUT2D eigenvalue weighted by Crippen LogP contribution is 2.40. The topological polar surface area (TPSA) is 138 Å². The molecule has 10 heteroatoms. The van der Waals surface area contributed by atoms with Gasteiger partial charge in [-0.05, 0) is 41.3 Å². The number of cyclic esters (lactones) is 1. The molecule has 3 aliphatic heterocycles. The molecule has 0 radical (unpaired) electrons. The maximum atomic E-state index is 13.3. The summed E-state index contributed by atoms with van der Waals surface area (Å²) >= 11 is 0. The molecule has 3 aliphatic rings. The lowest BCUT2D eigenvalue weighted by molar-refractivity contribution is -0.239. The molecule has 10 nitrogen and oxygen atoms in total. The smallest absolute Gasteiger partial charge is 0.311 e. The number of nitrogens with zero attached hydrogens (tertiary/aromatic N) is 1. The minimum atomic E-state index is -1.66. The highest BCUT2D eigenvalue weighted by molar-refractivity contribution is 5.83. The van der Waals surface area contributed by atoms with Crippen LogP contribution in [0, 0.1) is 29.6 Å². The van der Waals surface area contributed by atoms with Crippen molar-refractivity contribution < 1.29 is 43.9 Å². The van der Waals surface area contributed by atoms with E-state index in [1.165, 1.54) is 6.92 Å². The molecule has 0 saturated carbocycles. The first kappa shape index (κ1) is 30.4. The zero-order valence-corrected chi connectivity index (χ0v) is 23.7. The number of likely N-dealkylation sites (N-methyl/N-ethyl adjacent to an activating group) is 1. The number of ketones is 1. The molecular formula is C27H47NO9. The predicted octanol–water partition coefficient (Wildman–Crippen LogP) is 1.33. The molecule has 14 atom stereocenters. The van der Waals surface area contributed by atoms with E-state index in [1.807, 2.05) is 19.0 Å². The molecule has 0 aromatic heterocycles. The van der Waals surface area contributed by atoms with Gasteiger partial charge in [0.2, 0.25) is 0 Å². The van der Waals surface area contributed by atoms with Crippen molar-refractivity contribution in [2.45, 2.75) is 116 Å². The zero-order chi connectivity index (χ0) is 28.0. The second kappa shape index (κ2) is 11.5. The first-order chi connectivity index (χ1) is 17.1. The summed E-state index contributed by atoms with van der Waals surface area (Å²) in [6, 6.07) is 0.0732. The maximum Gasteiger partial charge on any atom is 0.311 e. The number of carbonyl (C=O) groups excluding carboxylic acids is 2. The molecule has 0 bridgehead atoms. The molecule has 3 saturated heterocycles. The number of aliphatic hydroxyl groups excluding tert-OH is 2. The fourth-order valence-electron chi connectivity index (χ4n) is 5.96. The number of esters is 1. The standard InChI is InChI=1S/C27H47NO9/c1-12-11-27(7,33)24(31)15(4)22(35-19-10-18(28(8)9)23-26(36-19)37-23)16(5)25(32)34-17(6)13(2)21(30)14(3)20(12)29/h12-19,21-24,26,30-31,33H,10-11H2,1-9H3/t12-,13+,14+,15+,16-,17-,18?,19-,21+,22+,23+,24-,26?,27-/m1/s1. The van der Waals surface area contributed by atoms with Crippen LogP contribution in [-0.4, -0.2) is 101 Å². The number of fused-ring (bicyclic) bond motifs is 1. The Morgan fingerprint density at radius 2 is 1.59 bits per heavy atom. The van der Waals surface area contributed by atoms with Gasteiger partial charge in [0.25, 0.3) is 0 Å². The van der Waals surface area contributed by atoms with Crippen LogP contribution in [0.15, 0.2) is 0 Å². The Hall–Kier alpha value is -1.14.